The van der Waals surface area contributed by atoms with Gasteiger partial charge in [0.2, 0.25) is 11.8 Å². The highest BCUT2D eigenvalue weighted by atomic mass is 16.7. The summed E-state index contributed by atoms with van der Waals surface area (Å²) in [5, 5.41) is 6.35. The molecule has 0 bridgehead atoms. The number of hydrogen-bond acceptors (Lipinski definition) is 10. The summed E-state index contributed by atoms with van der Waals surface area (Å²) in [5.41, 5.74) is 6.18. The lowest BCUT2D eigenvalue weighted by Crippen LogP contribution is -2.59. The van der Waals surface area contributed by atoms with Gasteiger partial charge in [0.25, 0.3) is 5.91 Å². The third kappa shape index (κ3) is 13.8. The number of likely N-dealkylation sites (N-methyl/N-ethyl adjacent to an activating group) is 1. The molecule has 364 valence electrons. The van der Waals surface area contributed by atoms with Gasteiger partial charge in [0.05, 0.1) is 20.0 Å². The fourth-order valence-electron chi connectivity index (χ4n) is 8.92. The number of nitrogens with zero attached hydrogens (tertiary/aromatic N) is 2. The summed E-state index contributed by atoms with van der Waals surface area (Å²) in [7, 11) is 2.62. The molecule has 0 heterocycles. The molecule has 7 rings (SSSR count). The fraction of sp³-hybridized carbons (Fsp3) is 0.321. The Morgan fingerprint density at radius 2 is 1.14 bits per heavy atom. The van der Waals surface area contributed by atoms with Crippen molar-refractivity contribution in [1.82, 2.24) is 20.6 Å². The van der Waals surface area contributed by atoms with Crippen LogP contribution in [0.1, 0.15) is 72.3 Å². The van der Waals surface area contributed by atoms with E-state index in [1.807, 2.05) is 91.0 Å². The van der Waals surface area contributed by atoms with Crippen LogP contribution in [0, 0.1) is 5.92 Å². The molecule has 4 atom stereocenters. The van der Waals surface area contributed by atoms with Crippen LogP contribution in [-0.2, 0) is 62.7 Å². The van der Waals surface area contributed by atoms with Crippen LogP contribution in [0.3, 0.4) is 0 Å². The molecule has 0 radical (unpaired) electrons. The molecule has 2 N–H and O–H groups in total. The Morgan fingerprint density at radius 3 is 1.67 bits per heavy atom. The van der Waals surface area contributed by atoms with Gasteiger partial charge in [0, 0.05) is 25.9 Å². The van der Waals surface area contributed by atoms with Crippen molar-refractivity contribution in [2.75, 3.05) is 27.3 Å². The molecule has 0 saturated carbocycles. The van der Waals surface area contributed by atoms with Gasteiger partial charge in [-0.05, 0) is 70.5 Å². The quantitative estimate of drug-likeness (QED) is 0.0302. The third-order valence-electron chi connectivity index (χ3n) is 12.7. The third-order valence-corrected chi connectivity index (χ3v) is 12.7. The number of fused-ring (bicyclic) bond motifs is 3. The van der Waals surface area contributed by atoms with Gasteiger partial charge >= 0.3 is 18.0 Å². The van der Waals surface area contributed by atoms with Crippen molar-refractivity contribution in [3.05, 3.63) is 179 Å². The summed E-state index contributed by atoms with van der Waals surface area (Å²) in [6.45, 7) is -0.179. The molecule has 0 saturated heterocycles. The first kappa shape index (κ1) is 50.3. The second-order valence-corrected chi connectivity index (χ2v) is 17.4. The summed E-state index contributed by atoms with van der Waals surface area (Å²) >= 11 is 0. The summed E-state index contributed by atoms with van der Waals surface area (Å²) < 4.78 is 17.1. The standard InChI is InChI=1S/C56H60N4O10/c1-59(67-2)54(64)48(34-51(61)68-36-41-23-11-5-12-24-41)57-53(63)50(33-40-21-9-4-10-22-40)60(32-31-39-19-7-3-8-20-39)55(65)49(35-52(62)69-37-42-25-13-6-14-26-42)58-56(66)70-38-47-45-29-17-15-27-43(45)44-28-16-18-30-46(44)47/h4-7,9-19,21-30,39,47-50H,3,8,20,31-38H2,1-2H3,(H,57,63)(H,58,66)/t39?,48-,49-,50?/m0/s1. The molecular formula is C56H60N4O10. The number of rotatable bonds is 22. The molecule has 0 spiro atoms. The minimum atomic E-state index is -1.56. The minimum Gasteiger partial charge on any atom is -0.461 e. The molecule has 4 amide bonds. The van der Waals surface area contributed by atoms with E-state index in [1.54, 1.807) is 48.5 Å². The number of amides is 4. The largest absolute Gasteiger partial charge is 0.461 e. The van der Waals surface area contributed by atoms with E-state index < -0.39 is 66.7 Å². The van der Waals surface area contributed by atoms with E-state index in [0.29, 0.717) is 12.0 Å². The topological polar surface area (TPSA) is 170 Å². The van der Waals surface area contributed by atoms with Crippen molar-refractivity contribution >= 4 is 35.8 Å². The first-order valence-corrected chi connectivity index (χ1v) is 23.7. The van der Waals surface area contributed by atoms with Crippen LogP contribution in [0.5, 0.6) is 0 Å². The Balaban J connectivity index is 1.19. The summed E-state index contributed by atoms with van der Waals surface area (Å²) in [5.74, 6) is -4.01. The van der Waals surface area contributed by atoms with E-state index >= 15 is 9.59 Å². The number of benzene rings is 5. The molecule has 70 heavy (non-hydrogen) atoms. The predicted molar refractivity (Wildman–Crippen MR) is 262 cm³/mol. The van der Waals surface area contributed by atoms with Crippen molar-refractivity contribution < 1.29 is 47.8 Å². The maximum Gasteiger partial charge on any atom is 0.407 e. The second-order valence-electron chi connectivity index (χ2n) is 17.4. The lowest BCUT2D eigenvalue weighted by molar-refractivity contribution is -0.173. The zero-order chi connectivity index (χ0) is 49.2. The van der Waals surface area contributed by atoms with E-state index in [9.17, 15) is 19.2 Å². The molecule has 0 fully saturated rings. The number of hydrogen-bond donors (Lipinski definition) is 2. The normalized spacial score (nSPS) is 15.0. The molecule has 5 aromatic carbocycles. The van der Waals surface area contributed by atoms with E-state index in [1.165, 1.54) is 19.1 Å². The number of ether oxygens (including phenoxy) is 3. The Labute approximate surface area is 408 Å². The second kappa shape index (κ2) is 25.2. The van der Waals surface area contributed by atoms with E-state index in [0.717, 1.165) is 57.7 Å². The molecule has 0 aromatic heterocycles. The van der Waals surface area contributed by atoms with Gasteiger partial charge in [-0.2, -0.15) is 0 Å². The SMILES string of the molecule is CON(C)C(=O)[C@H](CC(=O)OCc1ccccc1)NC(=O)C(Cc1ccccc1)N(CCC1C=CCCC1)C(=O)[C@H](CC(=O)OCc1ccccc1)NC(=O)OCC1c2ccccc2-c2ccccc21. The number of hydroxylamine groups is 2. The molecule has 0 aliphatic heterocycles. The van der Waals surface area contributed by atoms with Gasteiger partial charge in [0.15, 0.2) is 0 Å². The fourth-order valence-corrected chi connectivity index (χ4v) is 8.92. The van der Waals surface area contributed by atoms with Crippen LogP contribution in [0.4, 0.5) is 4.79 Å². The Kier molecular flexibility index (Phi) is 18.1. The Hall–Kier alpha value is -7.58. The number of carbonyl (C=O) groups excluding carboxylic acids is 6. The van der Waals surface area contributed by atoms with Crippen LogP contribution in [-0.4, -0.2) is 91.2 Å². The summed E-state index contributed by atoms with van der Waals surface area (Å²) in [6.07, 6.45) is 5.23. The maximum atomic E-state index is 15.4. The van der Waals surface area contributed by atoms with Gasteiger partial charge in [-0.25, -0.2) is 9.86 Å². The number of esters is 2. The highest BCUT2D eigenvalue weighted by Crippen LogP contribution is 2.44. The van der Waals surface area contributed by atoms with Crippen LogP contribution < -0.4 is 10.6 Å². The van der Waals surface area contributed by atoms with Gasteiger partial charge in [-0.1, -0.05) is 152 Å². The highest BCUT2D eigenvalue weighted by molar-refractivity contribution is 5.96. The lowest BCUT2D eigenvalue weighted by atomic mass is 9.92. The van der Waals surface area contributed by atoms with Crippen LogP contribution in [0.25, 0.3) is 11.1 Å². The molecule has 2 aliphatic rings. The predicted octanol–water partition coefficient (Wildman–Crippen LogP) is 7.85. The molecule has 5 aromatic rings. The van der Waals surface area contributed by atoms with E-state index in [-0.39, 0.29) is 44.6 Å². The minimum absolute atomic E-state index is 0.0242. The Morgan fingerprint density at radius 1 is 0.629 bits per heavy atom. The van der Waals surface area contributed by atoms with Crippen molar-refractivity contribution in [2.45, 2.75) is 82.2 Å². The lowest BCUT2D eigenvalue weighted by Gasteiger charge is -2.35. The molecule has 14 heteroatoms. The Bertz CT molecular complexity index is 2550. The first-order chi connectivity index (χ1) is 34.1. The molecule has 2 aliphatic carbocycles. The first-order valence-electron chi connectivity index (χ1n) is 23.7. The van der Waals surface area contributed by atoms with Crippen molar-refractivity contribution in [2.24, 2.45) is 5.92 Å². The number of allylic oxidation sites excluding steroid dienone is 2. The highest BCUT2D eigenvalue weighted by Gasteiger charge is 2.39. The number of alkyl carbamates (subject to hydrolysis) is 1. The van der Waals surface area contributed by atoms with E-state index in [2.05, 4.69) is 22.8 Å². The molecule has 14 nitrogen and oxygen atoms in total. The molecule has 2 unspecified atom stereocenters. The van der Waals surface area contributed by atoms with Gasteiger partial charge in [-0.15, -0.1) is 0 Å². The average molecular weight is 949 g/mol. The average Bonchev–Trinajstić information content (AvgIpc) is 3.72. The summed E-state index contributed by atoms with van der Waals surface area (Å²) in [4.78, 5) is 92.0. The summed E-state index contributed by atoms with van der Waals surface area (Å²) in [6, 6.07) is 38.6. The number of nitrogens with one attached hydrogen (secondary N) is 2. The number of carbonyl (C=O) groups is 6. The van der Waals surface area contributed by atoms with Crippen LogP contribution in [0.2, 0.25) is 0 Å². The van der Waals surface area contributed by atoms with Gasteiger partial charge < -0.3 is 29.7 Å². The van der Waals surface area contributed by atoms with Gasteiger partial charge in [-0.3, -0.25) is 28.8 Å². The maximum absolute atomic E-state index is 15.4. The smallest absolute Gasteiger partial charge is 0.407 e. The van der Waals surface area contributed by atoms with Gasteiger partial charge in [0.1, 0.15) is 37.9 Å². The van der Waals surface area contributed by atoms with E-state index in [4.69, 9.17) is 19.0 Å². The zero-order valence-electron chi connectivity index (χ0n) is 39.6. The van der Waals surface area contributed by atoms with Crippen LogP contribution in [0.15, 0.2) is 152 Å². The van der Waals surface area contributed by atoms with Crippen molar-refractivity contribution in [3.63, 3.8) is 0 Å². The molecular weight excluding hydrogens is 889 g/mol. The van der Waals surface area contributed by atoms with Crippen molar-refractivity contribution in [1.29, 1.82) is 0 Å². The van der Waals surface area contributed by atoms with Crippen LogP contribution >= 0.6 is 0 Å². The van der Waals surface area contributed by atoms with Crippen molar-refractivity contribution in [3.8, 4) is 11.1 Å². The zero-order valence-corrected chi connectivity index (χ0v) is 39.6. The monoisotopic (exact) mass is 948 g/mol.